The van der Waals surface area contributed by atoms with Crippen molar-refractivity contribution in [1.82, 2.24) is 0 Å². The highest BCUT2D eigenvalue weighted by Crippen LogP contribution is 2.41. The van der Waals surface area contributed by atoms with Gasteiger partial charge < -0.3 is 15.3 Å². The van der Waals surface area contributed by atoms with E-state index < -0.39 is 5.92 Å². The molecule has 0 spiro atoms. The van der Waals surface area contributed by atoms with Crippen molar-refractivity contribution in [3.8, 4) is 11.5 Å². The summed E-state index contributed by atoms with van der Waals surface area (Å²) in [5.41, 5.74) is 1.58. The van der Waals surface area contributed by atoms with E-state index in [1.165, 1.54) is 6.08 Å². The number of aliphatic hydroxyl groups excluding tert-OH is 1. The summed E-state index contributed by atoms with van der Waals surface area (Å²) < 4.78 is 0. The van der Waals surface area contributed by atoms with Crippen LogP contribution in [0, 0.1) is 0 Å². The number of rotatable bonds is 5. The molecule has 0 bridgehead atoms. The summed E-state index contributed by atoms with van der Waals surface area (Å²) in [6, 6.07) is 13.6. The Morgan fingerprint density at radius 2 is 1.36 bits per heavy atom. The van der Waals surface area contributed by atoms with Crippen LogP contribution in [0.1, 0.15) is 17.0 Å². The first kappa shape index (κ1) is 15.4. The zero-order chi connectivity index (χ0) is 16.1. The van der Waals surface area contributed by atoms with Crippen LogP contribution < -0.4 is 0 Å². The number of aliphatic hydroxyl groups is 1. The molecule has 0 aliphatic carbocycles. The highest BCUT2D eigenvalue weighted by molar-refractivity contribution is 5.54. The highest BCUT2D eigenvalue weighted by atomic mass is 16.3. The average Bonchev–Trinajstić information content (AvgIpc) is 2.50. The molecule has 0 radical (unpaired) electrons. The molecule has 0 aliphatic heterocycles. The summed E-state index contributed by atoms with van der Waals surface area (Å²) in [5.74, 6) is -0.548. The minimum absolute atomic E-state index is 0.0759. The van der Waals surface area contributed by atoms with Crippen molar-refractivity contribution in [2.45, 2.75) is 5.92 Å². The zero-order valence-electron chi connectivity index (χ0n) is 12.1. The van der Waals surface area contributed by atoms with Gasteiger partial charge in [-0.2, -0.15) is 0 Å². The molecule has 0 atom stereocenters. The van der Waals surface area contributed by atoms with Crippen LogP contribution in [-0.4, -0.2) is 15.3 Å². The molecule has 2 aromatic carbocycles. The van der Waals surface area contributed by atoms with Crippen molar-refractivity contribution in [2.24, 2.45) is 0 Å². The lowest BCUT2D eigenvalue weighted by Gasteiger charge is -2.22. The van der Waals surface area contributed by atoms with E-state index >= 15 is 0 Å². The van der Waals surface area contributed by atoms with Crippen molar-refractivity contribution < 1.29 is 15.3 Å². The number of allylic oxidation sites excluding steroid dienone is 3. The quantitative estimate of drug-likeness (QED) is 0.565. The molecule has 0 heterocycles. The highest BCUT2D eigenvalue weighted by Gasteiger charge is 2.25. The van der Waals surface area contributed by atoms with Crippen molar-refractivity contribution in [3.63, 3.8) is 0 Å². The number of hydrogen-bond donors (Lipinski definition) is 3. The lowest BCUT2D eigenvalue weighted by molar-refractivity contribution is 0.416. The number of benzene rings is 2. The first-order chi connectivity index (χ1) is 10.6. The minimum Gasteiger partial charge on any atom is -0.508 e. The standard InChI is InChI=1S/C19H18O3/c1-3-8-14(13(2)20)19(15-9-4-6-11-17(15)21)16-10-5-7-12-18(16)22/h3-12,19-22H,1-2H2/b14-8+. The van der Waals surface area contributed by atoms with Crippen LogP contribution in [-0.2, 0) is 0 Å². The third-order valence-corrected chi connectivity index (χ3v) is 3.44. The molecule has 0 saturated carbocycles. The summed E-state index contributed by atoms with van der Waals surface area (Å²) in [6.07, 6.45) is 3.15. The maximum atomic E-state index is 10.2. The van der Waals surface area contributed by atoms with Crippen LogP contribution in [0.5, 0.6) is 11.5 Å². The molecule has 2 aromatic rings. The Hall–Kier alpha value is -2.94. The molecule has 112 valence electrons. The second-order valence-electron chi connectivity index (χ2n) is 4.86. The van der Waals surface area contributed by atoms with E-state index in [0.29, 0.717) is 16.7 Å². The van der Waals surface area contributed by atoms with Gasteiger partial charge in [-0.25, -0.2) is 0 Å². The van der Waals surface area contributed by atoms with Crippen LogP contribution in [0.4, 0.5) is 0 Å². The molecule has 3 nitrogen and oxygen atoms in total. The number of hydrogen-bond acceptors (Lipinski definition) is 3. The molecule has 0 aliphatic rings. The molecule has 0 saturated heterocycles. The zero-order valence-corrected chi connectivity index (χ0v) is 12.1. The van der Waals surface area contributed by atoms with E-state index in [1.807, 2.05) is 0 Å². The first-order valence-corrected chi connectivity index (χ1v) is 6.83. The predicted molar refractivity (Wildman–Crippen MR) is 88.1 cm³/mol. The molecular formula is C19H18O3. The van der Waals surface area contributed by atoms with Crippen LogP contribution in [0.25, 0.3) is 0 Å². The lowest BCUT2D eigenvalue weighted by Crippen LogP contribution is -2.07. The van der Waals surface area contributed by atoms with Gasteiger partial charge in [0.2, 0.25) is 0 Å². The smallest absolute Gasteiger partial charge is 0.119 e. The fourth-order valence-corrected chi connectivity index (χ4v) is 2.45. The van der Waals surface area contributed by atoms with Gasteiger partial charge in [0.05, 0.1) is 0 Å². The molecule has 3 heteroatoms. The van der Waals surface area contributed by atoms with Gasteiger partial charge in [0.25, 0.3) is 0 Å². The van der Waals surface area contributed by atoms with E-state index in [2.05, 4.69) is 13.2 Å². The fraction of sp³-hybridized carbons (Fsp3) is 0.0526. The second-order valence-corrected chi connectivity index (χ2v) is 4.86. The second kappa shape index (κ2) is 6.68. The SMILES string of the molecule is C=C/C=C(\C(=C)O)C(c1ccccc1O)c1ccccc1O. The van der Waals surface area contributed by atoms with Crippen LogP contribution in [0.2, 0.25) is 0 Å². The largest absolute Gasteiger partial charge is 0.508 e. The van der Waals surface area contributed by atoms with Crippen LogP contribution >= 0.6 is 0 Å². The normalized spacial score (nSPS) is 11.4. The van der Waals surface area contributed by atoms with Gasteiger partial charge in [0.1, 0.15) is 17.3 Å². The first-order valence-electron chi connectivity index (χ1n) is 6.83. The Morgan fingerprint density at radius 3 is 1.73 bits per heavy atom. The molecule has 0 fully saturated rings. The van der Waals surface area contributed by atoms with Gasteiger partial charge in [-0.15, -0.1) is 0 Å². The Morgan fingerprint density at radius 1 is 0.909 bits per heavy atom. The average molecular weight is 294 g/mol. The summed E-state index contributed by atoms with van der Waals surface area (Å²) >= 11 is 0. The topological polar surface area (TPSA) is 60.7 Å². The number of aromatic hydroxyl groups is 2. The Balaban J connectivity index is 2.73. The van der Waals surface area contributed by atoms with Crippen molar-refractivity contribution >= 4 is 0 Å². The van der Waals surface area contributed by atoms with Gasteiger partial charge in [0, 0.05) is 22.6 Å². The van der Waals surface area contributed by atoms with E-state index in [1.54, 1.807) is 54.6 Å². The van der Waals surface area contributed by atoms with Gasteiger partial charge in [-0.3, -0.25) is 0 Å². The third-order valence-electron chi connectivity index (χ3n) is 3.44. The molecule has 0 amide bonds. The molecule has 2 rings (SSSR count). The number of phenols is 2. The minimum atomic E-state index is -0.558. The maximum absolute atomic E-state index is 10.2. The predicted octanol–water partition coefficient (Wildman–Crippen LogP) is 4.41. The Bertz CT molecular complexity index is 683. The Labute approximate surface area is 129 Å². The van der Waals surface area contributed by atoms with Gasteiger partial charge in [0.15, 0.2) is 0 Å². The Kier molecular flexibility index (Phi) is 4.69. The summed E-state index contributed by atoms with van der Waals surface area (Å²) in [4.78, 5) is 0. The molecular weight excluding hydrogens is 276 g/mol. The lowest BCUT2D eigenvalue weighted by atomic mass is 9.83. The number of phenolic OH excluding ortho intramolecular Hbond substituents is 2. The van der Waals surface area contributed by atoms with Crippen LogP contribution in [0.15, 0.2) is 85.2 Å². The fourth-order valence-electron chi connectivity index (χ4n) is 2.45. The van der Waals surface area contributed by atoms with Crippen molar-refractivity contribution in [3.05, 3.63) is 96.3 Å². The molecule has 0 unspecified atom stereocenters. The summed E-state index contributed by atoms with van der Waals surface area (Å²) in [6.45, 7) is 7.23. The van der Waals surface area contributed by atoms with E-state index in [0.717, 1.165) is 0 Å². The summed E-state index contributed by atoms with van der Waals surface area (Å²) in [7, 11) is 0. The van der Waals surface area contributed by atoms with Gasteiger partial charge in [-0.05, 0) is 12.1 Å². The molecule has 3 N–H and O–H groups in total. The van der Waals surface area contributed by atoms with Crippen LogP contribution in [0.3, 0.4) is 0 Å². The van der Waals surface area contributed by atoms with E-state index in [9.17, 15) is 15.3 Å². The van der Waals surface area contributed by atoms with Crippen molar-refractivity contribution in [1.29, 1.82) is 0 Å². The maximum Gasteiger partial charge on any atom is 0.119 e. The number of para-hydroxylation sites is 2. The third kappa shape index (κ3) is 3.04. The summed E-state index contributed by atoms with van der Waals surface area (Å²) in [5, 5.41) is 30.3. The van der Waals surface area contributed by atoms with Gasteiger partial charge in [-0.1, -0.05) is 61.7 Å². The van der Waals surface area contributed by atoms with E-state index in [-0.39, 0.29) is 17.3 Å². The van der Waals surface area contributed by atoms with Gasteiger partial charge >= 0.3 is 0 Å². The van der Waals surface area contributed by atoms with E-state index in [4.69, 9.17) is 0 Å². The van der Waals surface area contributed by atoms with Crippen molar-refractivity contribution in [2.75, 3.05) is 0 Å². The monoisotopic (exact) mass is 294 g/mol. The molecule has 22 heavy (non-hydrogen) atoms. The molecule has 0 aromatic heterocycles.